The molecule has 1 aliphatic rings. The fraction of sp³-hybridized carbons (Fsp3) is 0.0370. The summed E-state index contributed by atoms with van der Waals surface area (Å²) in [5.74, 6) is 0. The van der Waals surface area contributed by atoms with Gasteiger partial charge in [0.2, 0.25) is 0 Å². The molecule has 0 saturated heterocycles. The normalized spacial score (nSPS) is 13.1. The SMILES string of the molecule is C1=Cc2c(c3oc4cc(-c5c6ccccc6c(-c6ccc7c(c6)oc6c8ccccc8c8ccccc8c76)c6ccccc56)ccc4c3c3ccccc23)CC1. The van der Waals surface area contributed by atoms with Crippen LogP contribution in [-0.4, -0.2) is 0 Å². The molecule has 13 rings (SSSR count). The van der Waals surface area contributed by atoms with Gasteiger partial charge in [0, 0.05) is 32.5 Å². The van der Waals surface area contributed by atoms with E-state index in [4.69, 9.17) is 8.83 Å². The second-order valence-electron chi connectivity index (χ2n) is 15.3. The maximum atomic E-state index is 6.91. The lowest BCUT2D eigenvalue weighted by molar-refractivity contribution is 0.662. The lowest BCUT2D eigenvalue weighted by atomic mass is 9.85. The minimum Gasteiger partial charge on any atom is -0.456 e. The number of fused-ring (bicyclic) bond motifs is 18. The molecule has 0 amide bonds. The average molecular weight is 713 g/mol. The predicted octanol–water partition coefficient (Wildman–Crippen LogP) is 15.5. The maximum Gasteiger partial charge on any atom is 0.143 e. The molecule has 0 spiro atoms. The van der Waals surface area contributed by atoms with Crippen molar-refractivity contribution in [3.8, 4) is 22.3 Å². The van der Waals surface area contributed by atoms with Crippen molar-refractivity contribution in [2.75, 3.05) is 0 Å². The summed E-state index contributed by atoms with van der Waals surface area (Å²) >= 11 is 0. The second-order valence-corrected chi connectivity index (χ2v) is 15.3. The van der Waals surface area contributed by atoms with Crippen LogP contribution in [0, 0.1) is 0 Å². The minimum atomic E-state index is 0.900. The van der Waals surface area contributed by atoms with Crippen LogP contribution in [0.4, 0.5) is 0 Å². The molecule has 0 unspecified atom stereocenters. The van der Waals surface area contributed by atoms with Crippen molar-refractivity contribution in [1.29, 1.82) is 0 Å². The molecule has 260 valence electrons. The van der Waals surface area contributed by atoms with Crippen molar-refractivity contribution in [2.45, 2.75) is 12.8 Å². The molecule has 56 heavy (non-hydrogen) atoms. The smallest absolute Gasteiger partial charge is 0.143 e. The standard InChI is InChI=1S/C54H32O2/c1-5-17-37-33(13-1)35-15-3-11-23-43(35)53-51(37)45-27-25-31(29-47(45)55-53)49-39-19-7-9-21-41(39)50(42-22-10-8-20-40(42)49)32-26-28-46-48(30-32)56-54-44-24-12-4-16-36(44)34-14-2-6-18-38(34)52(46)54/h1-11,13-23,25-30H,12,24H2. The molecular weight excluding hydrogens is 681 g/mol. The van der Waals surface area contributed by atoms with Gasteiger partial charge in [0.05, 0.1) is 0 Å². The molecule has 1 aliphatic carbocycles. The Balaban J connectivity index is 1.06. The van der Waals surface area contributed by atoms with Gasteiger partial charge in [0.15, 0.2) is 0 Å². The van der Waals surface area contributed by atoms with Gasteiger partial charge in [-0.25, -0.2) is 0 Å². The summed E-state index contributed by atoms with van der Waals surface area (Å²) in [7, 11) is 0. The molecule has 2 heteroatoms. The van der Waals surface area contributed by atoms with Crippen molar-refractivity contribution < 1.29 is 8.83 Å². The van der Waals surface area contributed by atoms with Crippen molar-refractivity contribution >= 4 is 104 Å². The lowest BCUT2D eigenvalue weighted by Gasteiger charge is -2.17. The van der Waals surface area contributed by atoms with E-state index in [0.717, 1.165) is 57.1 Å². The third kappa shape index (κ3) is 4.00. The first-order valence-electron chi connectivity index (χ1n) is 19.6. The van der Waals surface area contributed by atoms with Gasteiger partial charge >= 0.3 is 0 Å². The minimum absolute atomic E-state index is 0.900. The molecule has 0 fully saturated rings. The third-order valence-corrected chi connectivity index (χ3v) is 12.5. The Hall–Kier alpha value is -7.16. The quantitative estimate of drug-likeness (QED) is 0.132. The highest BCUT2D eigenvalue weighted by atomic mass is 16.3. The lowest BCUT2D eigenvalue weighted by Crippen LogP contribution is -1.96. The molecule has 10 aromatic carbocycles. The number of rotatable bonds is 2. The predicted molar refractivity (Wildman–Crippen MR) is 237 cm³/mol. The van der Waals surface area contributed by atoms with Crippen molar-refractivity contribution in [1.82, 2.24) is 0 Å². The Morgan fingerprint density at radius 2 is 0.786 bits per heavy atom. The third-order valence-electron chi connectivity index (χ3n) is 12.5. The van der Waals surface area contributed by atoms with E-state index in [1.807, 2.05) is 0 Å². The van der Waals surface area contributed by atoms with Crippen LogP contribution in [0.1, 0.15) is 17.5 Å². The molecule has 2 aromatic heterocycles. The van der Waals surface area contributed by atoms with Gasteiger partial charge in [-0.3, -0.25) is 0 Å². The number of allylic oxidation sites excluding steroid dienone is 1. The van der Waals surface area contributed by atoms with E-state index in [2.05, 4.69) is 170 Å². The molecule has 2 heterocycles. The van der Waals surface area contributed by atoms with E-state index in [0.29, 0.717) is 0 Å². The summed E-state index contributed by atoms with van der Waals surface area (Å²) < 4.78 is 13.8. The number of benzene rings is 10. The van der Waals surface area contributed by atoms with Crippen LogP contribution < -0.4 is 0 Å². The fourth-order valence-electron chi connectivity index (χ4n) is 10.1. The largest absolute Gasteiger partial charge is 0.456 e. The zero-order valence-corrected chi connectivity index (χ0v) is 30.4. The first kappa shape index (κ1) is 30.2. The van der Waals surface area contributed by atoms with E-state index in [1.165, 1.54) is 86.9 Å². The van der Waals surface area contributed by atoms with Crippen LogP contribution in [0.15, 0.2) is 173 Å². The summed E-state index contributed by atoms with van der Waals surface area (Å²) in [5, 5.41) is 16.9. The highest BCUT2D eigenvalue weighted by Gasteiger charge is 2.23. The topological polar surface area (TPSA) is 26.3 Å². The number of hydrogen-bond donors (Lipinski definition) is 0. The van der Waals surface area contributed by atoms with E-state index >= 15 is 0 Å². The molecule has 0 bridgehead atoms. The first-order valence-corrected chi connectivity index (χ1v) is 19.6. The Morgan fingerprint density at radius 1 is 0.357 bits per heavy atom. The van der Waals surface area contributed by atoms with Crippen molar-refractivity contribution in [3.63, 3.8) is 0 Å². The van der Waals surface area contributed by atoms with Gasteiger partial charge in [-0.1, -0.05) is 146 Å². The number of aryl methyl sites for hydroxylation is 1. The average Bonchev–Trinajstić information content (AvgIpc) is 3.85. The van der Waals surface area contributed by atoms with Crippen LogP contribution in [0.5, 0.6) is 0 Å². The molecule has 0 atom stereocenters. The number of furan rings is 2. The van der Waals surface area contributed by atoms with Gasteiger partial charge in [-0.15, -0.1) is 0 Å². The molecule has 0 radical (unpaired) electrons. The Kier molecular flexibility index (Phi) is 6.04. The van der Waals surface area contributed by atoms with Gasteiger partial charge in [0.1, 0.15) is 22.3 Å². The van der Waals surface area contributed by atoms with Crippen molar-refractivity contribution in [3.05, 3.63) is 175 Å². The highest BCUT2D eigenvalue weighted by Crippen LogP contribution is 2.48. The molecule has 12 aromatic rings. The molecule has 2 nitrogen and oxygen atoms in total. The Bertz CT molecular complexity index is 3650. The fourth-order valence-corrected chi connectivity index (χ4v) is 10.1. The summed E-state index contributed by atoms with van der Waals surface area (Å²) in [4.78, 5) is 0. The van der Waals surface area contributed by atoms with Crippen LogP contribution >= 0.6 is 0 Å². The Morgan fingerprint density at radius 3 is 1.36 bits per heavy atom. The van der Waals surface area contributed by atoms with Crippen LogP contribution in [0.3, 0.4) is 0 Å². The first-order chi connectivity index (χ1) is 27.8. The monoisotopic (exact) mass is 712 g/mol. The zero-order valence-electron chi connectivity index (χ0n) is 30.4. The van der Waals surface area contributed by atoms with Gasteiger partial charge in [-0.05, 0) is 113 Å². The summed E-state index contributed by atoms with van der Waals surface area (Å²) in [5.41, 5.74) is 11.2. The summed E-state index contributed by atoms with van der Waals surface area (Å²) in [6.45, 7) is 0. The summed E-state index contributed by atoms with van der Waals surface area (Å²) in [6.07, 6.45) is 6.60. The highest BCUT2D eigenvalue weighted by molar-refractivity contribution is 6.31. The van der Waals surface area contributed by atoms with Crippen LogP contribution in [-0.2, 0) is 6.42 Å². The van der Waals surface area contributed by atoms with Gasteiger partial charge in [-0.2, -0.15) is 0 Å². The Labute approximate surface area is 321 Å². The molecule has 0 aliphatic heterocycles. The van der Waals surface area contributed by atoms with Crippen LogP contribution in [0.2, 0.25) is 0 Å². The van der Waals surface area contributed by atoms with Gasteiger partial charge in [0.25, 0.3) is 0 Å². The van der Waals surface area contributed by atoms with Crippen molar-refractivity contribution in [2.24, 2.45) is 0 Å². The van der Waals surface area contributed by atoms with Gasteiger partial charge < -0.3 is 8.83 Å². The van der Waals surface area contributed by atoms with Crippen LogP contribution in [0.25, 0.3) is 126 Å². The molecule has 0 saturated carbocycles. The molecular formula is C54H32O2. The number of hydrogen-bond acceptors (Lipinski definition) is 2. The maximum absolute atomic E-state index is 6.91. The van der Waals surface area contributed by atoms with E-state index < -0.39 is 0 Å². The summed E-state index contributed by atoms with van der Waals surface area (Å²) in [6, 6.07) is 57.5. The zero-order chi connectivity index (χ0) is 36.5. The second kappa shape index (κ2) is 11.2. The van der Waals surface area contributed by atoms with E-state index in [1.54, 1.807) is 0 Å². The van der Waals surface area contributed by atoms with E-state index in [-0.39, 0.29) is 0 Å². The van der Waals surface area contributed by atoms with E-state index in [9.17, 15) is 0 Å². The molecule has 0 N–H and O–H groups in total.